The van der Waals surface area contributed by atoms with Crippen LogP contribution in [0, 0.1) is 18.3 Å². The Bertz CT molecular complexity index is 1480. The van der Waals surface area contributed by atoms with Crippen molar-refractivity contribution in [1.82, 2.24) is 19.8 Å². The summed E-state index contributed by atoms with van der Waals surface area (Å²) in [4.78, 5) is 25.9. The summed E-state index contributed by atoms with van der Waals surface area (Å²) in [6, 6.07) is 3.05. The summed E-state index contributed by atoms with van der Waals surface area (Å²) in [6.45, 7) is 15.2. The predicted octanol–water partition coefficient (Wildman–Crippen LogP) is 4.69. The van der Waals surface area contributed by atoms with Gasteiger partial charge < -0.3 is 23.5 Å². The number of aromatic nitrogens is 2. The number of methoxy groups -OCH3 is 1. The molecule has 2 heterocycles. The van der Waals surface area contributed by atoms with Crippen molar-refractivity contribution in [2.24, 2.45) is 11.3 Å². The molecule has 10 nitrogen and oxygen atoms in total. The number of likely N-dealkylation sites (N-methyl/N-ethyl adjacent to an activating group) is 1. The Morgan fingerprint density at radius 2 is 1.82 bits per heavy atom. The van der Waals surface area contributed by atoms with Crippen LogP contribution in [0.4, 0.5) is 4.79 Å². The molecule has 1 fully saturated rings. The number of allylic oxidation sites excluding steroid dienone is 4. The minimum absolute atomic E-state index is 0.0220. The average molecular weight is 559 g/mol. The molecule has 1 aromatic heterocycles. The molecule has 1 aromatic carbocycles. The van der Waals surface area contributed by atoms with Crippen LogP contribution in [-0.4, -0.2) is 74.1 Å². The quantitative estimate of drug-likeness (QED) is 0.466. The molecule has 4 rings (SSSR count). The van der Waals surface area contributed by atoms with E-state index in [2.05, 4.69) is 14.9 Å². The highest BCUT2D eigenvalue weighted by atomic mass is 32.2. The number of carbonyl (C=O) groups excluding carboxylic acids is 1. The lowest BCUT2D eigenvalue weighted by Gasteiger charge is -2.37. The molecule has 0 radical (unpaired) electrons. The third-order valence-corrected chi connectivity index (χ3v) is 9.19. The van der Waals surface area contributed by atoms with E-state index in [0.29, 0.717) is 23.5 Å². The van der Waals surface area contributed by atoms with Crippen LogP contribution < -0.4 is 13.7 Å². The number of benzene rings is 1. The lowest BCUT2D eigenvalue weighted by molar-refractivity contribution is 0.0886. The molecule has 0 spiro atoms. The van der Waals surface area contributed by atoms with Crippen LogP contribution in [0.3, 0.4) is 0 Å². The summed E-state index contributed by atoms with van der Waals surface area (Å²) in [7, 11) is -0.782. The third kappa shape index (κ3) is 5.47. The molecule has 212 valence electrons. The maximum Gasteiger partial charge on any atom is 0.415 e. The van der Waals surface area contributed by atoms with Gasteiger partial charge in [-0.1, -0.05) is 39.3 Å². The molecule has 2 aliphatic rings. The fraction of sp³-hybridized carbons (Fsp3) is 0.536. The van der Waals surface area contributed by atoms with Crippen LogP contribution in [0.5, 0.6) is 17.4 Å². The first kappa shape index (κ1) is 28.8. The number of ether oxygens (including phenoxy) is 2. The number of carbonyl (C=O) groups is 1. The largest absolute Gasteiger partial charge is 0.493 e. The topological polar surface area (TPSA) is 111 Å². The molecule has 1 aliphatic carbocycles. The first-order chi connectivity index (χ1) is 18.1. The van der Waals surface area contributed by atoms with Gasteiger partial charge in [0.2, 0.25) is 5.88 Å². The molecule has 0 bridgehead atoms. The number of amides is 1. The van der Waals surface area contributed by atoms with Gasteiger partial charge in [0.15, 0.2) is 11.5 Å². The lowest BCUT2D eigenvalue weighted by atomic mass is 9.88. The molecule has 0 saturated carbocycles. The zero-order valence-corrected chi connectivity index (χ0v) is 25.0. The van der Waals surface area contributed by atoms with Crippen molar-refractivity contribution in [3.8, 4) is 17.4 Å². The molecule has 0 unspecified atom stereocenters. The minimum Gasteiger partial charge on any atom is -0.493 e. The van der Waals surface area contributed by atoms with E-state index in [0.717, 1.165) is 18.7 Å². The van der Waals surface area contributed by atoms with Crippen LogP contribution in [-0.2, 0) is 10.1 Å². The summed E-state index contributed by atoms with van der Waals surface area (Å²) >= 11 is 0. The minimum atomic E-state index is -4.25. The van der Waals surface area contributed by atoms with E-state index in [4.69, 9.17) is 13.7 Å². The Hall–Kier alpha value is -3.18. The van der Waals surface area contributed by atoms with Gasteiger partial charge in [-0.25, -0.2) is 9.78 Å². The fourth-order valence-corrected chi connectivity index (χ4v) is 6.92. The molecule has 11 heteroatoms. The van der Waals surface area contributed by atoms with Crippen molar-refractivity contribution >= 4 is 27.1 Å². The van der Waals surface area contributed by atoms with Gasteiger partial charge in [-0.05, 0) is 45.4 Å². The Morgan fingerprint density at radius 3 is 2.44 bits per heavy atom. The second-order valence-electron chi connectivity index (χ2n) is 11.2. The summed E-state index contributed by atoms with van der Waals surface area (Å²) in [5.41, 5.74) is 1.31. The molecule has 1 saturated heterocycles. The van der Waals surface area contributed by atoms with Crippen LogP contribution in [0.2, 0.25) is 0 Å². The van der Waals surface area contributed by atoms with Gasteiger partial charge in [-0.2, -0.15) is 13.4 Å². The smallest absolute Gasteiger partial charge is 0.415 e. The maximum absolute atomic E-state index is 13.8. The number of fused-ring (bicyclic) bond motifs is 1. The van der Waals surface area contributed by atoms with Gasteiger partial charge in [-0.15, -0.1) is 0 Å². The Morgan fingerprint density at radius 1 is 1.13 bits per heavy atom. The first-order valence-electron chi connectivity index (χ1n) is 13.1. The van der Waals surface area contributed by atoms with Crippen molar-refractivity contribution < 1.29 is 26.9 Å². The van der Waals surface area contributed by atoms with E-state index in [-0.39, 0.29) is 39.6 Å². The molecule has 1 aliphatic heterocycles. The van der Waals surface area contributed by atoms with Crippen molar-refractivity contribution in [3.05, 3.63) is 40.1 Å². The third-order valence-electron chi connectivity index (χ3n) is 7.57. The van der Waals surface area contributed by atoms with Crippen molar-refractivity contribution in [3.63, 3.8) is 0 Å². The average Bonchev–Trinajstić information content (AvgIpc) is 3.08. The Labute approximate surface area is 230 Å². The van der Waals surface area contributed by atoms with Gasteiger partial charge in [0.1, 0.15) is 5.82 Å². The van der Waals surface area contributed by atoms with Crippen molar-refractivity contribution in [2.45, 2.75) is 54.5 Å². The van der Waals surface area contributed by atoms with Gasteiger partial charge in [-0.3, -0.25) is 0 Å². The van der Waals surface area contributed by atoms with E-state index >= 15 is 0 Å². The van der Waals surface area contributed by atoms with E-state index in [1.807, 2.05) is 54.7 Å². The van der Waals surface area contributed by atoms with Crippen LogP contribution in [0.15, 0.2) is 34.3 Å². The number of piperazine rings is 1. The molecular formula is C28H38N4O6S. The molecular weight excluding hydrogens is 520 g/mol. The van der Waals surface area contributed by atoms with Crippen LogP contribution in [0.1, 0.15) is 47.4 Å². The monoisotopic (exact) mass is 558 g/mol. The molecule has 39 heavy (non-hydrogen) atoms. The fourth-order valence-electron chi connectivity index (χ4n) is 5.14. The van der Waals surface area contributed by atoms with Crippen molar-refractivity contribution in [1.29, 1.82) is 0 Å². The SMILES string of the molecule is COc1cc2nc(C)nc(OS(=O)(=O)C3=C(C(C)C)C=C(C)C3(C)C)c2cc1OC(=O)N1CCN(C)C[C@@H]1C. The van der Waals surface area contributed by atoms with E-state index < -0.39 is 21.6 Å². The van der Waals surface area contributed by atoms with Crippen LogP contribution in [0.25, 0.3) is 10.9 Å². The maximum atomic E-state index is 13.8. The summed E-state index contributed by atoms with van der Waals surface area (Å²) in [6.07, 6.45) is 1.41. The highest BCUT2D eigenvalue weighted by Gasteiger charge is 2.43. The zero-order chi connectivity index (χ0) is 28.9. The second kappa shape index (κ2) is 10.4. The highest BCUT2D eigenvalue weighted by Crippen LogP contribution is 2.48. The standard InChI is InChI=1S/C28H38N4O6S/c1-16(2)20-12-17(3)28(6,7)25(20)39(34,35)38-26-21-13-24(23(36-9)14-22(21)29-19(5)30-26)37-27(33)32-11-10-31(8)15-18(32)4/h12-14,16,18H,10-11,15H2,1-9H3/t18-/m0/s1. The highest BCUT2D eigenvalue weighted by molar-refractivity contribution is 7.91. The Balaban J connectivity index is 1.76. The number of hydrogen-bond donors (Lipinski definition) is 0. The van der Waals surface area contributed by atoms with Crippen molar-refractivity contribution in [2.75, 3.05) is 33.8 Å². The number of rotatable bonds is 6. The van der Waals surface area contributed by atoms with E-state index in [9.17, 15) is 13.2 Å². The number of aryl methyl sites for hydroxylation is 1. The zero-order valence-electron chi connectivity index (χ0n) is 24.2. The summed E-state index contributed by atoms with van der Waals surface area (Å²) < 4.78 is 44.6. The number of hydrogen-bond acceptors (Lipinski definition) is 9. The second-order valence-corrected chi connectivity index (χ2v) is 12.7. The lowest BCUT2D eigenvalue weighted by Crippen LogP contribution is -2.53. The van der Waals surface area contributed by atoms with Gasteiger partial charge >= 0.3 is 16.2 Å². The van der Waals surface area contributed by atoms with E-state index in [1.54, 1.807) is 17.9 Å². The van der Waals surface area contributed by atoms with Gasteiger partial charge in [0.25, 0.3) is 0 Å². The van der Waals surface area contributed by atoms with Crippen LogP contribution >= 0.6 is 0 Å². The number of nitrogens with zero attached hydrogens (tertiary/aromatic N) is 4. The normalized spacial score (nSPS) is 20.0. The molecule has 0 N–H and O–H groups in total. The molecule has 1 amide bonds. The Kier molecular flexibility index (Phi) is 7.70. The molecule has 1 atom stereocenters. The van der Waals surface area contributed by atoms with Gasteiger partial charge in [0.05, 0.1) is 22.9 Å². The first-order valence-corrected chi connectivity index (χ1v) is 14.5. The van der Waals surface area contributed by atoms with E-state index in [1.165, 1.54) is 13.2 Å². The predicted molar refractivity (Wildman–Crippen MR) is 149 cm³/mol. The van der Waals surface area contributed by atoms with Gasteiger partial charge in [0, 0.05) is 37.2 Å². The summed E-state index contributed by atoms with van der Waals surface area (Å²) in [5.74, 6) is 0.569. The molecule has 2 aromatic rings. The summed E-state index contributed by atoms with van der Waals surface area (Å²) in [5, 5.41) is 0.284.